The summed E-state index contributed by atoms with van der Waals surface area (Å²) in [6.45, 7) is 8.09. The minimum Gasteiger partial charge on any atom is -0.327 e. The fourth-order valence-corrected chi connectivity index (χ4v) is 1.31. The van der Waals surface area contributed by atoms with Crippen LogP contribution in [0.25, 0.3) is 0 Å². The normalized spacial score (nSPS) is 13.5. The maximum Gasteiger partial charge on any atom is 0.227 e. The van der Waals surface area contributed by atoms with Crippen molar-refractivity contribution in [3.05, 3.63) is 11.8 Å². The first-order chi connectivity index (χ1) is 7.82. The van der Waals surface area contributed by atoms with Gasteiger partial charge in [-0.3, -0.25) is 9.89 Å². The molecular formula is C12H22N4O. The van der Waals surface area contributed by atoms with Crippen molar-refractivity contribution in [1.29, 1.82) is 0 Å². The standard InChI is InChI=1S/C12H22N4O/c1-5-8-6-10(16-15-8)14-11(17)7-9(13)12(2,3)4/h6,9H,5,7,13H2,1-4H3,(H2,14,15,16,17). The molecule has 0 radical (unpaired) electrons. The Hall–Kier alpha value is -1.36. The van der Waals surface area contributed by atoms with Crippen LogP contribution < -0.4 is 11.1 Å². The molecule has 0 aromatic carbocycles. The Balaban J connectivity index is 2.50. The smallest absolute Gasteiger partial charge is 0.227 e. The van der Waals surface area contributed by atoms with E-state index in [-0.39, 0.29) is 17.4 Å². The molecule has 96 valence electrons. The molecule has 0 aliphatic rings. The van der Waals surface area contributed by atoms with Gasteiger partial charge in [-0.25, -0.2) is 0 Å². The molecule has 0 aliphatic carbocycles. The van der Waals surface area contributed by atoms with Gasteiger partial charge < -0.3 is 11.1 Å². The number of rotatable bonds is 4. The van der Waals surface area contributed by atoms with E-state index in [0.29, 0.717) is 12.2 Å². The molecule has 17 heavy (non-hydrogen) atoms. The van der Waals surface area contributed by atoms with Gasteiger partial charge in [0.2, 0.25) is 5.91 Å². The Morgan fingerprint density at radius 1 is 1.59 bits per heavy atom. The quantitative estimate of drug-likeness (QED) is 0.746. The molecule has 0 bridgehead atoms. The third-order valence-corrected chi connectivity index (χ3v) is 2.80. The summed E-state index contributed by atoms with van der Waals surface area (Å²) < 4.78 is 0. The van der Waals surface area contributed by atoms with Crippen LogP contribution in [0.2, 0.25) is 0 Å². The van der Waals surface area contributed by atoms with Crippen LogP contribution in [-0.4, -0.2) is 22.1 Å². The number of nitrogens with two attached hydrogens (primary N) is 1. The zero-order chi connectivity index (χ0) is 13.1. The van der Waals surface area contributed by atoms with Crippen molar-refractivity contribution in [2.45, 2.75) is 46.6 Å². The highest BCUT2D eigenvalue weighted by Crippen LogP contribution is 2.20. The van der Waals surface area contributed by atoms with E-state index in [1.54, 1.807) is 0 Å². The number of H-pyrrole nitrogens is 1. The van der Waals surface area contributed by atoms with E-state index in [4.69, 9.17) is 5.73 Å². The number of hydrogen-bond donors (Lipinski definition) is 3. The Bertz CT molecular complexity index is 378. The van der Waals surface area contributed by atoms with Gasteiger partial charge in [0.15, 0.2) is 5.82 Å². The van der Waals surface area contributed by atoms with Gasteiger partial charge in [-0.2, -0.15) is 5.10 Å². The largest absolute Gasteiger partial charge is 0.327 e. The molecule has 0 saturated carbocycles. The molecule has 1 aromatic rings. The van der Waals surface area contributed by atoms with E-state index in [0.717, 1.165) is 12.1 Å². The number of aromatic nitrogens is 2. The second kappa shape index (κ2) is 5.31. The first kappa shape index (κ1) is 13.7. The zero-order valence-electron chi connectivity index (χ0n) is 11.0. The summed E-state index contributed by atoms with van der Waals surface area (Å²) in [5.41, 5.74) is 6.88. The maximum absolute atomic E-state index is 11.7. The van der Waals surface area contributed by atoms with Gasteiger partial charge in [0.25, 0.3) is 0 Å². The molecule has 0 spiro atoms. The number of hydrogen-bond acceptors (Lipinski definition) is 3. The van der Waals surface area contributed by atoms with Crippen molar-refractivity contribution in [3.8, 4) is 0 Å². The molecule has 0 saturated heterocycles. The van der Waals surface area contributed by atoms with Crippen LogP contribution in [0.5, 0.6) is 0 Å². The molecule has 5 heteroatoms. The molecule has 1 rings (SSSR count). The molecule has 1 aromatic heterocycles. The molecule has 0 fully saturated rings. The molecule has 1 atom stereocenters. The highest BCUT2D eigenvalue weighted by atomic mass is 16.1. The summed E-state index contributed by atoms with van der Waals surface area (Å²) in [7, 11) is 0. The number of anilines is 1. The van der Waals surface area contributed by atoms with Crippen LogP contribution >= 0.6 is 0 Å². The van der Waals surface area contributed by atoms with Crippen molar-refractivity contribution >= 4 is 11.7 Å². The Labute approximate surface area is 102 Å². The van der Waals surface area contributed by atoms with Crippen LogP contribution in [0, 0.1) is 5.41 Å². The van der Waals surface area contributed by atoms with E-state index in [1.807, 2.05) is 33.8 Å². The van der Waals surface area contributed by atoms with E-state index in [2.05, 4.69) is 15.5 Å². The number of carbonyl (C=O) groups excluding carboxylic acids is 1. The predicted octanol–water partition coefficient (Wildman–Crippen LogP) is 1.67. The van der Waals surface area contributed by atoms with Crippen molar-refractivity contribution < 1.29 is 4.79 Å². The summed E-state index contributed by atoms with van der Waals surface area (Å²) in [5, 5.41) is 9.59. The minimum absolute atomic E-state index is 0.0719. The highest BCUT2D eigenvalue weighted by Gasteiger charge is 2.23. The summed E-state index contributed by atoms with van der Waals surface area (Å²) in [5.74, 6) is 0.467. The van der Waals surface area contributed by atoms with Crippen molar-refractivity contribution in [1.82, 2.24) is 10.2 Å². The Morgan fingerprint density at radius 2 is 2.24 bits per heavy atom. The van der Waals surface area contributed by atoms with Gasteiger partial charge in [-0.05, 0) is 11.8 Å². The molecular weight excluding hydrogens is 216 g/mol. The summed E-state index contributed by atoms with van der Waals surface area (Å²) in [6, 6.07) is 1.67. The lowest BCUT2D eigenvalue weighted by atomic mass is 9.85. The van der Waals surface area contributed by atoms with Crippen LogP contribution in [0.3, 0.4) is 0 Å². The van der Waals surface area contributed by atoms with E-state index < -0.39 is 0 Å². The second-order valence-corrected chi connectivity index (χ2v) is 5.36. The van der Waals surface area contributed by atoms with Crippen molar-refractivity contribution in [2.75, 3.05) is 5.32 Å². The maximum atomic E-state index is 11.7. The average molecular weight is 238 g/mol. The molecule has 0 aliphatic heterocycles. The van der Waals surface area contributed by atoms with Gasteiger partial charge in [0, 0.05) is 24.2 Å². The molecule has 5 nitrogen and oxygen atoms in total. The number of aryl methyl sites for hydroxylation is 1. The van der Waals surface area contributed by atoms with Gasteiger partial charge in [-0.1, -0.05) is 27.7 Å². The zero-order valence-corrected chi connectivity index (χ0v) is 11.0. The van der Waals surface area contributed by atoms with Crippen LogP contribution in [0.4, 0.5) is 5.82 Å². The highest BCUT2D eigenvalue weighted by molar-refractivity contribution is 5.90. The molecule has 4 N–H and O–H groups in total. The number of carbonyl (C=O) groups is 1. The first-order valence-electron chi connectivity index (χ1n) is 5.92. The van der Waals surface area contributed by atoms with Crippen molar-refractivity contribution in [3.63, 3.8) is 0 Å². The fraction of sp³-hybridized carbons (Fsp3) is 0.667. The lowest BCUT2D eigenvalue weighted by Gasteiger charge is -2.26. The van der Waals surface area contributed by atoms with Crippen LogP contribution in [0.15, 0.2) is 6.07 Å². The lowest BCUT2D eigenvalue weighted by molar-refractivity contribution is -0.117. The summed E-state index contributed by atoms with van der Waals surface area (Å²) in [6.07, 6.45) is 1.17. The third kappa shape index (κ3) is 4.19. The monoisotopic (exact) mass is 238 g/mol. The lowest BCUT2D eigenvalue weighted by Crippen LogP contribution is -2.38. The molecule has 1 unspecified atom stereocenters. The van der Waals surface area contributed by atoms with Crippen LogP contribution in [-0.2, 0) is 11.2 Å². The SMILES string of the molecule is CCc1cc(NC(=O)CC(N)C(C)(C)C)n[nH]1. The number of nitrogens with one attached hydrogen (secondary N) is 2. The van der Waals surface area contributed by atoms with Gasteiger partial charge in [0.05, 0.1) is 0 Å². The van der Waals surface area contributed by atoms with Gasteiger partial charge in [-0.15, -0.1) is 0 Å². The topological polar surface area (TPSA) is 83.8 Å². The molecule has 1 amide bonds. The Morgan fingerprint density at radius 3 is 2.71 bits per heavy atom. The second-order valence-electron chi connectivity index (χ2n) is 5.36. The Kier molecular flexibility index (Phi) is 4.28. The van der Waals surface area contributed by atoms with Crippen molar-refractivity contribution in [2.24, 2.45) is 11.1 Å². The molecule has 1 heterocycles. The van der Waals surface area contributed by atoms with Gasteiger partial charge in [0.1, 0.15) is 0 Å². The van der Waals surface area contributed by atoms with E-state index in [9.17, 15) is 4.79 Å². The van der Waals surface area contributed by atoms with Crippen LogP contribution in [0.1, 0.15) is 39.8 Å². The van der Waals surface area contributed by atoms with E-state index in [1.165, 1.54) is 0 Å². The fourth-order valence-electron chi connectivity index (χ4n) is 1.31. The van der Waals surface area contributed by atoms with E-state index >= 15 is 0 Å². The number of nitrogens with zero attached hydrogens (tertiary/aromatic N) is 1. The van der Waals surface area contributed by atoms with Gasteiger partial charge >= 0.3 is 0 Å². The summed E-state index contributed by atoms with van der Waals surface area (Å²) in [4.78, 5) is 11.7. The number of aromatic amines is 1. The average Bonchev–Trinajstić information content (AvgIpc) is 2.63. The minimum atomic E-state index is -0.160. The summed E-state index contributed by atoms with van der Waals surface area (Å²) >= 11 is 0. The number of amides is 1. The first-order valence-corrected chi connectivity index (χ1v) is 5.92. The third-order valence-electron chi connectivity index (χ3n) is 2.80. The predicted molar refractivity (Wildman–Crippen MR) is 68.6 cm³/mol.